The van der Waals surface area contributed by atoms with E-state index in [1.807, 2.05) is 13.8 Å². The van der Waals surface area contributed by atoms with Gasteiger partial charge in [-0.15, -0.1) is 0 Å². The third-order valence-electron chi connectivity index (χ3n) is 2.70. The van der Waals surface area contributed by atoms with E-state index in [9.17, 15) is 14.4 Å². The molecule has 0 atom stereocenters. The number of hydrogen-bond acceptors (Lipinski definition) is 4. The van der Waals surface area contributed by atoms with Gasteiger partial charge in [0.25, 0.3) is 0 Å². The molecule has 8 nitrogen and oxygen atoms in total. The predicted molar refractivity (Wildman–Crippen MR) is 75.9 cm³/mol. The molecule has 0 saturated carbocycles. The summed E-state index contributed by atoms with van der Waals surface area (Å²) in [4.78, 5) is 33.5. The maximum atomic E-state index is 11.7. The second kappa shape index (κ2) is 8.03. The summed E-state index contributed by atoms with van der Waals surface area (Å²) in [7, 11) is 0. The van der Waals surface area contributed by atoms with Gasteiger partial charge in [0.2, 0.25) is 5.91 Å². The number of anilines is 1. The Kier molecular flexibility index (Phi) is 6.38. The van der Waals surface area contributed by atoms with E-state index in [1.165, 1.54) is 0 Å². The molecule has 21 heavy (non-hydrogen) atoms. The molecule has 3 amide bonds. The van der Waals surface area contributed by atoms with Crippen molar-refractivity contribution in [2.24, 2.45) is 0 Å². The highest BCUT2D eigenvalue weighted by Gasteiger charge is 2.11. The van der Waals surface area contributed by atoms with Gasteiger partial charge in [0.1, 0.15) is 5.82 Å². The predicted octanol–water partition coefficient (Wildman–Crippen LogP) is 1.76. The number of aromatic nitrogens is 2. The van der Waals surface area contributed by atoms with Crippen LogP contribution in [0.5, 0.6) is 0 Å². The maximum Gasteiger partial charge on any atom is 0.327 e. The second-order valence-electron chi connectivity index (χ2n) is 4.86. The Morgan fingerprint density at radius 1 is 1.29 bits per heavy atom. The summed E-state index contributed by atoms with van der Waals surface area (Å²) in [6, 6.07) is 1.10. The summed E-state index contributed by atoms with van der Waals surface area (Å²) in [5.41, 5.74) is 0. The van der Waals surface area contributed by atoms with Crippen molar-refractivity contribution in [2.45, 2.75) is 45.6 Å². The van der Waals surface area contributed by atoms with E-state index < -0.39 is 17.9 Å². The SMILES string of the molecule is CC(C)n1nccc1NC(=O)NC(=O)CCCCC(=O)O. The first-order chi connectivity index (χ1) is 9.90. The van der Waals surface area contributed by atoms with Crippen molar-refractivity contribution in [3.05, 3.63) is 12.3 Å². The lowest BCUT2D eigenvalue weighted by Crippen LogP contribution is -2.34. The number of carbonyl (C=O) groups excluding carboxylic acids is 2. The van der Waals surface area contributed by atoms with Crippen LogP contribution in [0.2, 0.25) is 0 Å². The zero-order valence-electron chi connectivity index (χ0n) is 12.1. The number of unbranched alkanes of at least 4 members (excludes halogenated alkanes) is 1. The Balaban J connectivity index is 2.34. The van der Waals surface area contributed by atoms with Gasteiger partial charge in [0.05, 0.1) is 6.20 Å². The van der Waals surface area contributed by atoms with Crippen LogP contribution in [0.3, 0.4) is 0 Å². The molecule has 0 aliphatic carbocycles. The second-order valence-corrected chi connectivity index (χ2v) is 4.86. The minimum Gasteiger partial charge on any atom is -0.481 e. The van der Waals surface area contributed by atoms with Gasteiger partial charge >= 0.3 is 12.0 Å². The molecule has 1 aromatic heterocycles. The van der Waals surface area contributed by atoms with Crippen molar-refractivity contribution in [1.29, 1.82) is 0 Å². The molecule has 8 heteroatoms. The highest BCUT2D eigenvalue weighted by Crippen LogP contribution is 2.12. The number of amides is 3. The summed E-state index contributed by atoms with van der Waals surface area (Å²) < 4.78 is 1.62. The molecule has 0 aliphatic rings. The zero-order chi connectivity index (χ0) is 15.8. The summed E-state index contributed by atoms with van der Waals surface area (Å²) in [6.45, 7) is 3.84. The van der Waals surface area contributed by atoms with E-state index >= 15 is 0 Å². The van der Waals surface area contributed by atoms with Crippen LogP contribution >= 0.6 is 0 Å². The topological polar surface area (TPSA) is 113 Å². The molecule has 0 aliphatic heterocycles. The van der Waals surface area contributed by atoms with Crippen molar-refractivity contribution in [2.75, 3.05) is 5.32 Å². The van der Waals surface area contributed by atoms with Crippen LogP contribution in [0, 0.1) is 0 Å². The van der Waals surface area contributed by atoms with E-state index in [2.05, 4.69) is 15.7 Å². The van der Waals surface area contributed by atoms with E-state index in [0.29, 0.717) is 18.7 Å². The summed E-state index contributed by atoms with van der Waals surface area (Å²) in [6.07, 6.45) is 2.53. The number of rotatable bonds is 7. The fraction of sp³-hybridized carbons (Fsp3) is 0.538. The zero-order valence-corrected chi connectivity index (χ0v) is 12.1. The largest absolute Gasteiger partial charge is 0.481 e. The Labute approximate surface area is 122 Å². The average molecular weight is 296 g/mol. The van der Waals surface area contributed by atoms with Gasteiger partial charge in [-0.3, -0.25) is 20.2 Å². The Bertz CT molecular complexity index is 510. The number of hydrogen-bond donors (Lipinski definition) is 3. The molecule has 0 fully saturated rings. The lowest BCUT2D eigenvalue weighted by atomic mass is 10.2. The van der Waals surface area contributed by atoms with E-state index in [0.717, 1.165) is 0 Å². The first-order valence-corrected chi connectivity index (χ1v) is 6.76. The van der Waals surface area contributed by atoms with Gasteiger partial charge < -0.3 is 5.11 Å². The highest BCUT2D eigenvalue weighted by atomic mass is 16.4. The first kappa shape index (κ1) is 16.7. The molecule has 0 spiro atoms. The number of carboxylic acids is 1. The molecule has 1 aromatic rings. The fourth-order valence-corrected chi connectivity index (χ4v) is 1.72. The number of carbonyl (C=O) groups is 3. The van der Waals surface area contributed by atoms with Gasteiger partial charge in [-0.1, -0.05) is 0 Å². The standard InChI is InChI=1S/C13H20N4O4/c1-9(2)17-10(7-8-14-17)15-13(21)16-11(18)5-3-4-6-12(19)20/h7-9H,3-6H2,1-2H3,(H,19,20)(H2,15,16,18,21). The average Bonchev–Trinajstić information content (AvgIpc) is 2.82. The van der Waals surface area contributed by atoms with Crippen LogP contribution in [0.1, 0.15) is 45.6 Å². The van der Waals surface area contributed by atoms with Crippen LogP contribution < -0.4 is 10.6 Å². The Morgan fingerprint density at radius 3 is 2.57 bits per heavy atom. The smallest absolute Gasteiger partial charge is 0.327 e. The molecule has 1 rings (SSSR count). The first-order valence-electron chi connectivity index (χ1n) is 6.76. The van der Waals surface area contributed by atoms with E-state index in [-0.39, 0.29) is 18.9 Å². The van der Waals surface area contributed by atoms with Crippen LogP contribution in [0.4, 0.5) is 10.6 Å². The molecular weight excluding hydrogens is 276 g/mol. The highest BCUT2D eigenvalue weighted by molar-refractivity contribution is 6.00. The molecular formula is C13H20N4O4. The number of carboxylic acid groups (broad SMARTS) is 1. The van der Waals surface area contributed by atoms with Gasteiger partial charge in [-0.05, 0) is 26.7 Å². The third kappa shape index (κ3) is 6.07. The van der Waals surface area contributed by atoms with Gasteiger partial charge in [0, 0.05) is 24.9 Å². The monoisotopic (exact) mass is 296 g/mol. The summed E-state index contributed by atoms with van der Waals surface area (Å²) in [5, 5.41) is 17.3. The molecule has 0 unspecified atom stereocenters. The van der Waals surface area contributed by atoms with Crippen molar-refractivity contribution in [1.82, 2.24) is 15.1 Å². The van der Waals surface area contributed by atoms with Crippen LogP contribution in [-0.2, 0) is 9.59 Å². The van der Waals surface area contributed by atoms with Gasteiger partial charge in [0.15, 0.2) is 0 Å². The summed E-state index contributed by atoms with van der Waals surface area (Å²) >= 11 is 0. The van der Waals surface area contributed by atoms with Crippen molar-refractivity contribution < 1.29 is 19.5 Å². The molecule has 0 radical (unpaired) electrons. The van der Waals surface area contributed by atoms with E-state index in [1.54, 1.807) is 16.9 Å². The lowest BCUT2D eigenvalue weighted by Gasteiger charge is -2.12. The Morgan fingerprint density at radius 2 is 1.95 bits per heavy atom. The van der Waals surface area contributed by atoms with Crippen LogP contribution in [0.15, 0.2) is 12.3 Å². The van der Waals surface area contributed by atoms with E-state index in [4.69, 9.17) is 5.11 Å². The third-order valence-corrected chi connectivity index (χ3v) is 2.70. The molecule has 3 N–H and O–H groups in total. The van der Waals surface area contributed by atoms with Gasteiger partial charge in [-0.2, -0.15) is 5.10 Å². The molecule has 1 heterocycles. The lowest BCUT2D eigenvalue weighted by molar-refractivity contribution is -0.137. The number of imide groups is 1. The number of aliphatic carboxylic acids is 1. The minimum atomic E-state index is -0.893. The van der Waals surface area contributed by atoms with Gasteiger partial charge in [-0.25, -0.2) is 9.48 Å². The number of urea groups is 1. The fourth-order valence-electron chi connectivity index (χ4n) is 1.72. The normalized spacial score (nSPS) is 10.4. The van der Waals surface area contributed by atoms with Crippen molar-refractivity contribution in [3.8, 4) is 0 Å². The number of nitrogens with zero attached hydrogens (tertiary/aromatic N) is 2. The number of nitrogens with one attached hydrogen (secondary N) is 2. The van der Waals surface area contributed by atoms with Crippen molar-refractivity contribution in [3.63, 3.8) is 0 Å². The molecule has 116 valence electrons. The summed E-state index contributed by atoms with van der Waals surface area (Å²) in [5.74, 6) is -0.829. The molecule has 0 saturated heterocycles. The Hall–Kier alpha value is -2.38. The molecule has 0 aromatic carbocycles. The van der Waals surface area contributed by atoms with Crippen molar-refractivity contribution >= 4 is 23.7 Å². The quantitative estimate of drug-likeness (QED) is 0.663. The minimum absolute atomic E-state index is 0.0209. The van der Waals surface area contributed by atoms with Crippen LogP contribution in [0.25, 0.3) is 0 Å². The van der Waals surface area contributed by atoms with Crippen LogP contribution in [-0.4, -0.2) is 32.8 Å². The maximum absolute atomic E-state index is 11.7. The molecule has 0 bridgehead atoms.